The van der Waals surface area contributed by atoms with Crippen molar-refractivity contribution in [3.8, 4) is 5.75 Å². The molecule has 33 heavy (non-hydrogen) atoms. The zero-order valence-corrected chi connectivity index (χ0v) is 21.8. The van der Waals surface area contributed by atoms with Crippen molar-refractivity contribution in [2.45, 2.75) is 75.4 Å². The molecule has 1 heterocycles. The highest BCUT2D eigenvalue weighted by Gasteiger charge is 2.33. The third kappa shape index (κ3) is 5.60. The number of hydrogen-bond donors (Lipinski definition) is 0. The van der Waals surface area contributed by atoms with Gasteiger partial charge in [0.15, 0.2) is 9.84 Å². The van der Waals surface area contributed by atoms with E-state index in [1.807, 2.05) is 12.1 Å². The summed E-state index contributed by atoms with van der Waals surface area (Å²) in [4.78, 5) is 15.5. The van der Waals surface area contributed by atoms with Crippen molar-refractivity contribution >= 4 is 15.7 Å². The topological polar surface area (TPSA) is 63.7 Å². The average molecular weight is 472 g/mol. The number of likely N-dealkylation sites (tertiary alicyclic amines) is 1. The summed E-state index contributed by atoms with van der Waals surface area (Å²) in [5, 5.41) is -0.485. The second-order valence-corrected chi connectivity index (χ2v) is 13.2. The van der Waals surface area contributed by atoms with Crippen LogP contribution in [0, 0.1) is 0 Å². The maximum atomic E-state index is 13.4. The molecule has 0 saturated carbocycles. The number of hydrogen-bond acceptors (Lipinski definition) is 4. The van der Waals surface area contributed by atoms with Gasteiger partial charge >= 0.3 is 0 Å². The first-order valence-corrected chi connectivity index (χ1v) is 13.1. The molecule has 1 saturated heterocycles. The van der Waals surface area contributed by atoms with Gasteiger partial charge < -0.3 is 9.64 Å². The summed E-state index contributed by atoms with van der Waals surface area (Å²) in [5.41, 5.74) is 2.81. The molecule has 6 heteroatoms. The van der Waals surface area contributed by atoms with Gasteiger partial charge in [0, 0.05) is 18.7 Å². The smallest absolute Gasteiger partial charge is 0.253 e. The van der Waals surface area contributed by atoms with Gasteiger partial charge in [-0.1, -0.05) is 47.6 Å². The standard InChI is InChI=1S/C27H37NO4S/c1-26(2,3)20-16-19(17-21(18-20)27(4,5)6)25(29)28-14-12-24(13-15-28)33(30,31)23-10-8-22(32-7)9-11-23/h8-11,16-18,24H,12-15H2,1-7H3. The minimum Gasteiger partial charge on any atom is -0.497 e. The van der Waals surface area contributed by atoms with Crippen LogP contribution in [-0.2, 0) is 20.7 Å². The van der Waals surface area contributed by atoms with Gasteiger partial charge in [0.1, 0.15) is 5.75 Å². The lowest BCUT2D eigenvalue weighted by Crippen LogP contribution is -2.42. The third-order valence-electron chi connectivity index (χ3n) is 6.47. The minimum atomic E-state index is -3.45. The van der Waals surface area contributed by atoms with Crippen LogP contribution >= 0.6 is 0 Å². The maximum Gasteiger partial charge on any atom is 0.253 e. The van der Waals surface area contributed by atoms with Crippen molar-refractivity contribution in [2.75, 3.05) is 20.2 Å². The summed E-state index contributed by atoms with van der Waals surface area (Å²) < 4.78 is 31.3. The number of ether oxygens (including phenoxy) is 1. The van der Waals surface area contributed by atoms with Crippen LogP contribution in [0.4, 0.5) is 0 Å². The predicted molar refractivity (Wildman–Crippen MR) is 133 cm³/mol. The summed E-state index contributed by atoms with van der Waals surface area (Å²) in [5.74, 6) is 0.605. The molecule has 0 spiro atoms. The Labute approximate surface area is 199 Å². The summed E-state index contributed by atoms with van der Waals surface area (Å²) >= 11 is 0. The monoisotopic (exact) mass is 471 g/mol. The molecule has 5 nitrogen and oxygen atoms in total. The van der Waals surface area contributed by atoms with E-state index in [2.05, 4.69) is 47.6 Å². The molecule has 1 aliphatic rings. The van der Waals surface area contributed by atoms with Crippen LogP contribution in [-0.4, -0.2) is 44.7 Å². The highest BCUT2D eigenvalue weighted by Crippen LogP contribution is 2.32. The summed E-state index contributed by atoms with van der Waals surface area (Å²) in [7, 11) is -1.89. The van der Waals surface area contributed by atoms with Crippen molar-refractivity contribution in [2.24, 2.45) is 0 Å². The molecular weight excluding hydrogens is 434 g/mol. The second-order valence-electron chi connectivity index (χ2n) is 11.0. The first kappa shape index (κ1) is 25.3. The Hall–Kier alpha value is -2.34. The molecule has 0 atom stereocenters. The van der Waals surface area contributed by atoms with Crippen LogP contribution in [0.2, 0.25) is 0 Å². The molecule has 0 bridgehead atoms. The molecule has 0 unspecified atom stereocenters. The Kier molecular flexibility index (Phi) is 6.99. The SMILES string of the molecule is COc1ccc(S(=O)(=O)C2CCN(C(=O)c3cc(C(C)(C)C)cc(C(C)(C)C)c3)CC2)cc1. The first-order valence-electron chi connectivity index (χ1n) is 11.6. The van der Waals surface area contributed by atoms with Crippen molar-refractivity contribution in [1.82, 2.24) is 4.90 Å². The van der Waals surface area contributed by atoms with Crippen LogP contribution in [0.3, 0.4) is 0 Å². The summed E-state index contributed by atoms with van der Waals surface area (Å²) in [6.07, 6.45) is 0.871. The van der Waals surface area contributed by atoms with Gasteiger partial charge in [-0.05, 0) is 71.2 Å². The van der Waals surface area contributed by atoms with E-state index in [-0.39, 0.29) is 16.7 Å². The van der Waals surface area contributed by atoms with E-state index in [0.717, 1.165) is 11.1 Å². The molecule has 3 rings (SSSR count). The summed E-state index contributed by atoms with van der Waals surface area (Å²) in [6, 6.07) is 12.7. The molecular formula is C27H37NO4S. The molecule has 2 aromatic carbocycles. The molecule has 1 fully saturated rings. The maximum absolute atomic E-state index is 13.4. The van der Waals surface area contributed by atoms with E-state index in [9.17, 15) is 13.2 Å². The Morgan fingerprint density at radius 2 is 1.36 bits per heavy atom. The van der Waals surface area contributed by atoms with Crippen LogP contribution in [0.15, 0.2) is 47.4 Å². The van der Waals surface area contributed by atoms with Crippen LogP contribution in [0.25, 0.3) is 0 Å². The van der Waals surface area contributed by atoms with Crippen molar-refractivity contribution < 1.29 is 17.9 Å². The van der Waals surface area contributed by atoms with E-state index in [1.165, 1.54) is 0 Å². The van der Waals surface area contributed by atoms with Gasteiger partial charge in [-0.3, -0.25) is 4.79 Å². The van der Waals surface area contributed by atoms with Crippen LogP contribution in [0.5, 0.6) is 5.75 Å². The van der Waals surface area contributed by atoms with Gasteiger partial charge in [-0.2, -0.15) is 0 Å². The number of carbonyl (C=O) groups excluding carboxylic acids is 1. The number of benzene rings is 2. The minimum absolute atomic E-state index is 0.0214. The van der Waals surface area contributed by atoms with E-state index in [1.54, 1.807) is 36.3 Å². The number of rotatable bonds is 4. The fraction of sp³-hybridized carbons (Fsp3) is 0.519. The van der Waals surface area contributed by atoms with Crippen molar-refractivity contribution in [1.29, 1.82) is 0 Å². The largest absolute Gasteiger partial charge is 0.497 e. The fourth-order valence-corrected chi connectivity index (χ4v) is 5.86. The Balaban J connectivity index is 1.79. The number of amides is 1. The third-order valence-corrected chi connectivity index (χ3v) is 8.75. The molecule has 2 aromatic rings. The highest BCUT2D eigenvalue weighted by molar-refractivity contribution is 7.92. The van der Waals surface area contributed by atoms with Crippen LogP contribution < -0.4 is 4.74 Å². The molecule has 180 valence electrons. The zero-order valence-electron chi connectivity index (χ0n) is 20.9. The first-order chi connectivity index (χ1) is 15.2. The highest BCUT2D eigenvalue weighted by atomic mass is 32.2. The molecule has 1 amide bonds. The van der Waals surface area contributed by atoms with Crippen molar-refractivity contribution in [3.05, 3.63) is 59.2 Å². The summed E-state index contributed by atoms with van der Waals surface area (Å²) in [6.45, 7) is 13.8. The Morgan fingerprint density at radius 1 is 0.879 bits per heavy atom. The molecule has 0 N–H and O–H groups in total. The predicted octanol–water partition coefficient (Wildman–Crippen LogP) is 5.37. The number of carbonyl (C=O) groups is 1. The van der Waals surface area contributed by atoms with Gasteiger partial charge in [0.25, 0.3) is 5.91 Å². The van der Waals surface area contributed by atoms with Gasteiger partial charge in [0.05, 0.1) is 17.3 Å². The van der Waals surface area contributed by atoms with Gasteiger partial charge in [-0.15, -0.1) is 0 Å². The van der Waals surface area contributed by atoms with Crippen molar-refractivity contribution in [3.63, 3.8) is 0 Å². The quantitative estimate of drug-likeness (QED) is 0.601. The van der Waals surface area contributed by atoms with E-state index < -0.39 is 15.1 Å². The molecule has 0 aromatic heterocycles. The number of sulfone groups is 1. The molecule has 0 radical (unpaired) electrons. The van der Waals surface area contributed by atoms with E-state index in [4.69, 9.17) is 4.74 Å². The Bertz CT molecular complexity index is 1070. The zero-order chi connectivity index (χ0) is 24.6. The number of piperidine rings is 1. The average Bonchev–Trinajstić information content (AvgIpc) is 2.77. The van der Waals surface area contributed by atoms with Crippen LogP contribution in [0.1, 0.15) is 75.9 Å². The lowest BCUT2D eigenvalue weighted by molar-refractivity contribution is 0.0725. The van der Waals surface area contributed by atoms with E-state index in [0.29, 0.717) is 42.1 Å². The van der Waals surface area contributed by atoms with Gasteiger partial charge in [-0.25, -0.2) is 8.42 Å². The lowest BCUT2D eigenvalue weighted by Gasteiger charge is -2.33. The molecule has 0 aliphatic carbocycles. The Morgan fingerprint density at radius 3 is 1.79 bits per heavy atom. The molecule has 1 aliphatic heterocycles. The fourth-order valence-electron chi connectivity index (χ4n) is 4.13. The number of nitrogens with zero attached hydrogens (tertiary/aromatic N) is 1. The lowest BCUT2D eigenvalue weighted by atomic mass is 9.79. The van der Waals surface area contributed by atoms with Gasteiger partial charge in [0.2, 0.25) is 0 Å². The number of methoxy groups -OCH3 is 1. The normalized spacial score (nSPS) is 16.0. The second kappa shape index (κ2) is 9.13. The van der Waals surface area contributed by atoms with E-state index >= 15 is 0 Å².